The molecule has 1 saturated heterocycles. The summed E-state index contributed by atoms with van der Waals surface area (Å²) in [6.07, 6.45) is 2.61. The van der Waals surface area contributed by atoms with Crippen LogP contribution in [0.4, 0.5) is 10.5 Å². The van der Waals surface area contributed by atoms with E-state index in [4.69, 9.17) is 9.47 Å². The number of para-hydroxylation sites is 1. The van der Waals surface area contributed by atoms with Crippen LogP contribution in [-0.2, 0) is 4.79 Å². The summed E-state index contributed by atoms with van der Waals surface area (Å²) in [6.45, 7) is 6.43. The molecular formula is C22H22BrNO4S. The SMILES string of the molecule is CCOc1cc(C=C2SC(=O)N(c3ccccc3)C2=O)cc(Br)c1OC(C)CC. The van der Waals surface area contributed by atoms with E-state index in [1.54, 1.807) is 30.3 Å². The monoisotopic (exact) mass is 475 g/mol. The third kappa shape index (κ3) is 4.85. The number of amides is 2. The van der Waals surface area contributed by atoms with E-state index in [1.807, 2.05) is 32.0 Å². The Bertz CT molecular complexity index is 945. The van der Waals surface area contributed by atoms with Crippen molar-refractivity contribution in [3.05, 3.63) is 57.4 Å². The van der Waals surface area contributed by atoms with Gasteiger partial charge in [-0.2, -0.15) is 0 Å². The normalized spacial score (nSPS) is 16.4. The minimum atomic E-state index is -0.333. The Morgan fingerprint density at radius 3 is 2.55 bits per heavy atom. The molecule has 152 valence electrons. The number of halogens is 1. The summed E-state index contributed by atoms with van der Waals surface area (Å²) >= 11 is 4.47. The van der Waals surface area contributed by atoms with Crippen LogP contribution in [0.3, 0.4) is 0 Å². The van der Waals surface area contributed by atoms with Crippen LogP contribution in [0.25, 0.3) is 6.08 Å². The number of anilines is 1. The highest BCUT2D eigenvalue weighted by molar-refractivity contribution is 9.10. The maximum Gasteiger partial charge on any atom is 0.298 e. The van der Waals surface area contributed by atoms with Gasteiger partial charge in [-0.15, -0.1) is 0 Å². The highest BCUT2D eigenvalue weighted by Crippen LogP contribution is 2.40. The molecule has 3 rings (SSSR count). The summed E-state index contributed by atoms with van der Waals surface area (Å²) in [5, 5.41) is -0.312. The molecule has 5 nitrogen and oxygen atoms in total. The molecule has 1 unspecified atom stereocenters. The number of carbonyl (C=O) groups excluding carboxylic acids is 2. The topological polar surface area (TPSA) is 55.8 Å². The van der Waals surface area contributed by atoms with Gasteiger partial charge in [-0.1, -0.05) is 25.1 Å². The van der Waals surface area contributed by atoms with Crippen molar-refractivity contribution in [3.63, 3.8) is 0 Å². The highest BCUT2D eigenvalue weighted by Gasteiger charge is 2.36. The van der Waals surface area contributed by atoms with E-state index in [-0.39, 0.29) is 17.3 Å². The van der Waals surface area contributed by atoms with Crippen LogP contribution in [-0.4, -0.2) is 23.9 Å². The van der Waals surface area contributed by atoms with Crippen LogP contribution in [0.2, 0.25) is 0 Å². The minimum Gasteiger partial charge on any atom is -0.490 e. The van der Waals surface area contributed by atoms with Crippen molar-refractivity contribution in [1.82, 2.24) is 0 Å². The van der Waals surface area contributed by atoms with Crippen molar-refractivity contribution in [2.75, 3.05) is 11.5 Å². The van der Waals surface area contributed by atoms with Gasteiger partial charge >= 0.3 is 0 Å². The first-order valence-corrected chi connectivity index (χ1v) is 11.0. The second-order valence-corrected chi connectivity index (χ2v) is 8.30. The molecule has 1 aliphatic heterocycles. The fourth-order valence-electron chi connectivity index (χ4n) is 2.75. The fourth-order valence-corrected chi connectivity index (χ4v) is 4.15. The summed E-state index contributed by atoms with van der Waals surface area (Å²) < 4.78 is 12.5. The zero-order valence-corrected chi connectivity index (χ0v) is 18.9. The number of thioether (sulfide) groups is 1. The number of nitrogens with zero attached hydrogens (tertiary/aromatic N) is 1. The van der Waals surface area contributed by atoms with Gasteiger partial charge in [0.2, 0.25) is 0 Å². The molecular weight excluding hydrogens is 454 g/mol. The van der Waals surface area contributed by atoms with Crippen LogP contribution in [0.1, 0.15) is 32.8 Å². The maximum absolute atomic E-state index is 12.8. The second-order valence-electron chi connectivity index (χ2n) is 6.45. The average molecular weight is 476 g/mol. The molecule has 0 radical (unpaired) electrons. The van der Waals surface area contributed by atoms with E-state index in [9.17, 15) is 9.59 Å². The van der Waals surface area contributed by atoms with Crippen LogP contribution in [0.15, 0.2) is 51.8 Å². The molecule has 29 heavy (non-hydrogen) atoms. The lowest BCUT2D eigenvalue weighted by Gasteiger charge is -2.18. The lowest BCUT2D eigenvalue weighted by molar-refractivity contribution is -0.113. The summed E-state index contributed by atoms with van der Waals surface area (Å²) in [5.41, 5.74) is 1.31. The molecule has 1 heterocycles. The van der Waals surface area contributed by atoms with Gasteiger partial charge < -0.3 is 9.47 Å². The van der Waals surface area contributed by atoms with E-state index in [0.717, 1.165) is 28.2 Å². The van der Waals surface area contributed by atoms with Crippen molar-refractivity contribution < 1.29 is 19.1 Å². The molecule has 2 amide bonds. The molecule has 7 heteroatoms. The maximum atomic E-state index is 12.8. The van der Waals surface area contributed by atoms with Crippen molar-refractivity contribution in [1.29, 1.82) is 0 Å². The van der Waals surface area contributed by atoms with Crippen LogP contribution < -0.4 is 14.4 Å². The Labute approximate surface area is 183 Å². The van der Waals surface area contributed by atoms with E-state index in [0.29, 0.717) is 28.7 Å². The molecule has 0 aliphatic carbocycles. The quantitative estimate of drug-likeness (QED) is 0.441. The van der Waals surface area contributed by atoms with E-state index < -0.39 is 0 Å². The number of carbonyl (C=O) groups is 2. The predicted octanol–water partition coefficient (Wildman–Crippen LogP) is 6.27. The molecule has 0 bridgehead atoms. The Morgan fingerprint density at radius 2 is 1.90 bits per heavy atom. The fraction of sp³-hybridized carbons (Fsp3) is 0.273. The van der Waals surface area contributed by atoms with Gasteiger partial charge in [0.25, 0.3) is 11.1 Å². The third-order valence-corrected chi connectivity index (χ3v) is 5.79. The van der Waals surface area contributed by atoms with Gasteiger partial charge in [-0.3, -0.25) is 9.59 Å². The largest absolute Gasteiger partial charge is 0.490 e. The predicted molar refractivity (Wildman–Crippen MR) is 121 cm³/mol. The average Bonchev–Trinajstić information content (AvgIpc) is 2.98. The summed E-state index contributed by atoms with van der Waals surface area (Å²) in [5.74, 6) is 0.895. The third-order valence-electron chi connectivity index (χ3n) is 4.33. The zero-order chi connectivity index (χ0) is 21.0. The summed E-state index contributed by atoms with van der Waals surface area (Å²) in [7, 11) is 0. The van der Waals surface area contributed by atoms with Crippen LogP contribution in [0, 0.1) is 0 Å². The number of hydrogen-bond donors (Lipinski definition) is 0. The minimum absolute atomic E-state index is 0.0405. The number of rotatable bonds is 7. The van der Waals surface area contributed by atoms with Crippen molar-refractivity contribution >= 4 is 50.6 Å². The summed E-state index contributed by atoms with van der Waals surface area (Å²) in [6, 6.07) is 12.6. The summed E-state index contributed by atoms with van der Waals surface area (Å²) in [4.78, 5) is 26.8. The highest BCUT2D eigenvalue weighted by atomic mass is 79.9. The van der Waals surface area contributed by atoms with Gasteiger partial charge in [0, 0.05) is 0 Å². The van der Waals surface area contributed by atoms with Crippen molar-refractivity contribution in [2.24, 2.45) is 0 Å². The number of ether oxygens (including phenoxy) is 2. The van der Waals surface area contributed by atoms with E-state index >= 15 is 0 Å². The number of hydrogen-bond acceptors (Lipinski definition) is 5. The molecule has 1 aliphatic rings. The molecule has 0 aromatic heterocycles. The van der Waals surface area contributed by atoms with Gasteiger partial charge in [-0.05, 0) is 83.9 Å². The first-order valence-electron chi connectivity index (χ1n) is 9.40. The van der Waals surface area contributed by atoms with Crippen LogP contribution >= 0.6 is 27.7 Å². The Morgan fingerprint density at radius 1 is 1.17 bits per heavy atom. The molecule has 0 spiro atoms. The van der Waals surface area contributed by atoms with Crippen LogP contribution in [0.5, 0.6) is 11.5 Å². The van der Waals surface area contributed by atoms with Crippen molar-refractivity contribution in [2.45, 2.75) is 33.3 Å². The number of imide groups is 1. The first-order chi connectivity index (χ1) is 13.9. The second kappa shape index (κ2) is 9.50. The first kappa shape index (κ1) is 21.5. The Balaban J connectivity index is 1.94. The van der Waals surface area contributed by atoms with Crippen molar-refractivity contribution in [3.8, 4) is 11.5 Å². The Kier molecular flexibility index (Phi) is 7.03. The molecule has 1 atom stereocenters. The molecule has 0 saturated carbocycles. The van der Waals surface area contributed by atoms with Gasteiger partial charge in [-0.25, -0.2) is 4.90 Å². The Hall–Kier alpha value is -2.25. The molecule has 2 aromatic rings. The smallest absolute Gasteiger partial charge is 0.298 e. The number of benzene rings is 2. The molecule has 2 aromatic carbocycles. The van der Waals surface area contributed by atoms with Gasteiger partial charge in [0.05, 0.1) is 27.8 Å². The van der Waals surface area contributed by atoms with E-state index in [2.05, 4.69) is 22.9 Å². The molecule has 1 fully saturated rings. The lowest BCUT2D eigenvalue weighted by atomic mass is 10.1. The van der Waals surface area contributed by atoms with Gasteiger partial charge in [0.1, 0.15) is 0 Å². The lowest BCUT2D eigenvalue weighted by Crippen LogP contribution is -2.27. The zero-order valence-electron chi connectivity index (χ0n) is 16.5. The molecule has 0 N–H and O–H groups in total. The van der Waals surface area contributed by atoms with E-state index in [1.165, 1.54) is 4.90 Å². The standard InChI is InChI=1S/C22H22BrNO4S/c1-4-14(3)28-20-17(23)11-15(12-18(20)27-5-2)13-19-21(25)24(22(26)29-19)16-9-7-6-8-10-16/h6-14H,4-5H2,1-3H3. The van der Waals surface area contributed by atoms with Gasteiger partial charge in [0.15, 0.2) is 11.5 Å².